The monoisotopic (exact) mass is 457 g/mol. The molecule has 34 heavy (non-hydrogen) atoms. The van der Waals surface area contributed by atoms with Crippen molar-refractivity contribution in [2.24, 2.45) is 7.05 Å². The lowest BCUT2D eigenvalue weighted by molar-refractivity contribution is 0.411. The van der Waals surface area contributed by atoms with Crippen LogP contribution in [-0.4, -0.2) is 38.3 Å². The minimum atomic E-state index is -0.299. The van der Waals surface area contributed by atoms with Crippen molar-refractivity contribution in [3.8, 4) is 28.4 Å². The zero-order valence-electron chi connectivity index (χ0n) is 19.0. The predicted octanol–water partition coefficient (Wildman–Crippen LogP) is 2.95. The maximum atomic E-state index is 13.8. The maximum absolute atomic E-state index is 13.8. The molecule has 5 rings (SSSR count). The van der Waals surface area contributed by atoms with Crippen LogP contribution < -0.4 is 20.6 Å². The highest BCUT2D eigenvalue weighted by molar-refractivity contribution is 5.92. The number of fused-ring (bicyclic) bond motifs is 1. The Morgan fingerprint density at radius 3 is 2.53 bits per heavy atom. The van der Waals surface area contributed by atoms with Gasteiger partial charge in [0.25, 0.3) is 11.1 Å². The number of H-pyrrole nitrogens is 1. The first-order valence-electron chi connectivity index (χ1n) is 10.6. The molecule has 3 aromatic heterocycles. The van der Waals surface area contributed by atoms with Crippen molar-refractivity contribution in [2.75, 3.05) is 14.2 Å². The number of nitrogens with one attached hydrogen (secondary N) is 1. The Balaban J connectivity index is 1.84. The molecule has 0 spiro atoms. The van der Waals surface area contributed by atoms with E-state index in [0.29, 0.717) is 45.0 Å². The Kier molecular flexibility index (Phi) is 5.29. The van der Waals surface area contributed by atoms with Gasteiger partial charge in [0.15, 0.2) is 0 Å². The van der Waals surface area contributed by atoms with Crippen LogP contribution in [0.3, 0.4) is 0 Å². The molecule has 3 heterocycles. The third-order valence-electron chi connectivity index (χ3n) is 5.72. The van der Waals surface area contributed by atoms with Gasteiger partial charge in [0, 0.05) is 24.9 Å². The van der Waals surface area contributed by atoms with Gasteiger partial charge in [0.2, 0.25) is 0 Å². The quantitative estimate of drug-likeness (QED) is 0.423. The van der Waals surface area contributed by atoms with E-state index in [4.69, 9.17) is 9.47 Å². The molecule has 0 atom stereocenters. The molecule has 0 aliphatic heterocycles. The number of aryl methyl sites for hydroxylation is 1. The van der Waals surface area contributed by atoms with E-state index < -0.39 is 0 Å². The van der Waals surface area contributed by atoms with Gasteiger partial charge in [0.1, 0.15) is 17.2 Å². The summed E-state index contributed by atoms with van der Waals surface area (Å²) >= 11 is 0. The van der Waals surface area contributed by atoms with Crippen LogP contribution >= 0.6 is 0 Å². The van der Waals surface area contributed by atoms with E-state index in [1.165, 1.54) is 10.7 Å². The van der Waals surface area contributed by atoms with E-state index >= 15 is 0 Å². The second-order valence-electron chi connectivity index (χ2n) is 7.84. The van der Waals surface area contributed by atoms with E-state index in [1.807, 2.05) is 55.7 Å². The summed E-state index contributed by atoms with van der Waals surface area (Å²) < 4.78 is 15.5. The lowest BCUT2D eigenvalue weighted by atomic mass is 10.1. The number of nitrogens with zero attached hydrogens (tertiary/aromatic N) is 4. The molecule has 1 N–H and O–H groups in total. The van der Waals surface area contributed by atoms with Gasteiger partial charge >= 0.3 is 0 Å². The molecule has 0 radical (unpaired) electrons. The number of methoxy groups -OCH3 is 2. The molecule has 0 amide bonds. The van der Waals surface area contributed by atoms with Crippen LogP contribution in [0.4, 0.5) is 0 Å². The van der Waals surface area contributed by atoms with Gasteiger partial charge in [-0.25, -0.2) is 4.68 Å². The zero-order chi connectivity index (χ0) is 23.8. The van der Waals surface area contributed by atoms with Crippen molar-refractivity contribution >= 4 is 10.9 Å². The number of hydrogen-bond donors (Lipinski definition) is 1. The smallest absolute Gasteiger partial charge is 0.281 e. The lowest BCUT2D eigenvalue weighted by Gasteiger charge is -2.13. The summed E-state index contributed by atoms with van der Waals surface area (Å²) in [5.41, 5.74) is 2.29. The van der Waals surface area contributed by atoms with Crippen LogP contribution in [0.1, 0.15) is 5.69 Å². The molecule has 5 aromatic rings. The van der Waals surface area contributed by atoms with Crippen molar-refractivity contribution < 1.29 is 9.47 Å². The van der Waals surface area contributed by atoms with Crippen molar-refractivity contribution in [3.05, 3.63) is 93.3 Å². The van der Waals surface area contributed by atoms with Gasteiger partial charge in [-0.05, 0) is 30.3 Å². The summed E-state index contributed by atoms with van der Waals surface area (Å²) in [7, 11) is 4.94. The maximum Gasteiger partial charge on any atom is 0.281 e. The van der Waals surface area contributed by atoms with E-state index in [-0.39, 0.29) is 17.7 Å². The van der Waals surface area contributed by atoms with Crippen molar-refractivity contribution in [1.29, 1.82) is 0 Å². The molecule has 0 fully saturated rings. The van der Waals surface area contributed by atoms with Crippen molar-refractivity contribution in [1.82, 2.24) is 24.1 Å². The van der Waals surface area contributed by atoms with Gasteiger partial charge in [-0.2, -0.15) is 5.10 Å². The Bertz CT molecular complexity index is 1620. The highest BCUT2D eigenvalue weighted by Gasteiger charge is 2.21. The van der Waals surface area contributed by atoms with Gasteiger partial charge in [-0.1, -0.05) is 24.3 Å². The molecule has 0 bridgehead atoms. The van der Waals surface area contributed by atoms with Gasteiger partial charge in [-0.3, -0.25) is 19.4 Å². The van der Waals surface area contributed by atoms with Crippen LogP contribution in [0.15, 0.2) is 76.4 Å². The number of aromatic nitrogens is 5. The number of para-hydroxylation sites is 2. The fourth-order valence-corrected chi connectivity index (χ4v) is 4.16. The van der Waals surface area contributed by atoms with E-state index in [2.05, 4.69) is 10.2 Å². The van der Waals surface area contributed by atoms with Crippen LogP contribution in [0.5, 0.6) is 11.5 Å². The number of hydrogen-bond acceptors (Lipinski definition) is 5. The molecule has 0 aliphatic rings. The predicted molar refractivity (Wildman–Crippen MR) is 129 cm³/mol. The summed E-state index contributed by atoms with van der Waals surface area (Å²) in [6.45, 7) is 0.210. The molecule has 9 nitrogen and oxygen atoms in total. The lowest BCUT2D eigenvalue weighted by Crippen LogP contribution is -2.24. The SMILES string of the molecule is COc1cccc(-c2c3c(=O)n(-c4ccccc4OC)[nH]c3cc(=O)n2Cc2ccn(C)n2)c1. The number of aromatic amines is 1. The molecular formula is C25H23N5O4. The Hall–Kier alpha value is -4.53. The normalized spacial score (nSPS) is 11.1. The van der Waals surface area contributed by atoms with Crippen molar-refractivity contribution in [2.45, 2.75) is 6.54 Å². The first kappa shape index (κ1) is 21.3. The van der Waals surface area contributed by atoms with Crippen LogP contribution in [0.2, 0.25) is 0 Å². The topological polar surface area (TPSA) is 96.1 Å². The molecule has 0 aliphatic carbocycles. The molecule has 172 valence electrons. The molecule has 2 aromatic carbocycles. The minimum Gasteiger partial charge on any atom is -0.497 e. The number of rotatable bonds is 6. The Labute approximate surface area is 194 Å². The average molecular weight is 457 g/mol. The fourth-order valence-electron chi connectivity index (χ4n) is 4.16. The second-order valence-corrected chi connectivity index (χ2v) is 7.84. The highest BCUT2D eigenvalue weighted by Crippen LogP contribution is 2.29. The number of pyridine rings is 1. The van der Waals surface area contributed by atoms with E-state index in [9.17, 15) is 9.59 Å². The highest BCUT2D eigenvalue weighted by atomic mass is 16.5. The van der Waals surface area contributed by atoms with Crippen LogP contribution in [0, 0.1) is 0 Å². The fraction of sp³-hybridized carbons (Fsp3) is 0.160. The minimum absolute atomic E-state index is 0.210. The summed E-state index contributed by atoms with van der Waals surface area (Å²) in [5.74, 6) is 1.15. The van der Waals surface area contributed by atoms with Crippen LogP contribution in [-0.2, 0) is 13.6 Å². The standard InChI is InChI=1S/C25H23N5O4/c1-28-12-11-17(26-28)15-29-22(31)14-19-23(24(29)16-7-6-8-18(13-16)33-2)25(32)30(27-19)20-9-4-5-10-21(20)34-3/h4-14,27H,15H2,1-3H3. The van der Waals surface area contributed by atoms with Crippen LogP contribution in [0.25, 0.3) is 27.8 Å². The largest absolute Gasteiger partial charge is 0.497 e. The average Bonchev–Trinajstić information content (AvgIpc) is 3.41. The Morgan fingerprint density at radius 2 is 1.79 bits per heavy atom. The third-order valence-corrected chi connectivity index (χ3v) is 5.72. The number of ether oxygens (including phenoxy) is 2. The van der Waals surface area contributed by atoms with Gasteiger partial charge < -0.3 is 14.0 Å². The summed E-state index contributed by atoms with van der Waals surface area (Å²) in [6, 6.07) is 17.8. The molecule has 9 heteroatoms. The summed E-state index contributed by atoms with van der Waals surface area (Å²) in [6.07, 6.45) is 1.81. The molecule has 0 saturated heterocycles. The van der Waals surface area contributed by atoms with Gasteiger partial charge in [-0.15, -0.1) is 0 Å². The summed E-state index contributed by atoms with van der Waals surface area (Å²) in [4.78, 5) is 27.1. The third kappa shape index (κ3) is 3.57. The first-order chi connectivity index (χ1) is 16.5. The van der Waals surface area contributed by atoms with E-state index in [0.717, 1.165) is 0 Å². The van der Waals surface area contributed by atoms with E-state index in [1.54, 1.807) is 35.6 Å². The zero-order valence-corrected chi connectivity index (χ0v) is 19.0. The Morgan fingerprint density at radius 1 is 0.971 bits per heavy atom. The molecule has 0 unspecified atom stereocenters. The van der Waals surface area contributed by atoms with Gasteiger partial charge in [0.05, 0.1) is 43.1 Å². The molecular weight excluding hydrogens is 434 g/mol. The summed E-state index contributed by atoms with van der Waals surface area (Å²) in [5, 5.41) is 7.89. The number of benzene rings is 2. The van der Waals surface area contributed by atoms with Crippen molar-refractivity contribution in [3.63, 3.8) is 0 Å². The second kappa shape index (κ2) is 8.43. The molecule has 0 saturated carbocycles. The first-order valence-corrected chi connectivity index (χ1v) is 10.6.